The predicted octanol–water partition coefficient (Wildman–Crippen LogP) is 6.91. The molecule has 0 amide bonds. The van der Waals surface area contributed by atoms with Crippen molar-refractivity contribution in [1.29, 1.82) is 0 Å². The first-order chi connectivity index (χ1) is 10.9. The molecule has 23 heavy (non-hydrogen) atoms. The van der Waals surface area contributed by atoms with Crippen LogP contribution in [0.1, 0.15) is 85.0 Å². The van der Waals surface area contributed by atoms with E-state index in [1.54, 1.807) is 0 Å². The Kier molecular flexibility index (Phi) is 3.99. The molecule has 0 N–H and O–H groups in total. The summed E-state index contributed by atoms with van der Waals surface area (Å²) in [6, 6.07) is 0. The van der Waals surface area contributed by atoms with Crippen molar-refractivity contribution in [3.63, 3.8) is 0 Å². The lowest BCUT2D eigenvalue weighted by molar-refractivity contribution is -0.123. The fourth-order valence-electron chi connectivity index (χ4n) is 7.99. The number of halogens is 2. The zero-order chi connectivity index (χ0) is 16.5. The van der Waals surface area contributed by atoms with Crippen LogP contribution in [0.2, 0.25) is 0 Å². The lowest BCUT2D eigenvalue weighted by Gasteiger charge is -2.64. The molecule has 0 aromatic heterocycles. The molecule has 0 spiro atoms. The Bertz CT molecular complexity index is 478. The molecule has 2 heteroatoms. The van der Waals surface area contributed by atoms with Gasteiger partial charge in [-0.25, -0.2) is 4.39 Å². The van der Waals surface area contributed by atoms with E-state index in [1.807, 2.05) is 0 Å². The van der Waals surface area contributed by atoms with Crippen molar-refractivity contribution in [3.05, 3.63) is 0 Å². The molecule has 4 aliphatic carbocycles. The smallest absolute Gasteiger partial charge is 0.116 e. The summed E-state index contributed by atoms with van der Waals surface area (Å²) < 4.78 is 15.2. The van der Waals surface area contributed by atoms with Crippen LogP contribution in [0.3, 0.4) is 0 Å². The molecule has 4 fully saturated rings. The zero-order valence-corrected chi connectivity index (χ0v) is 16.8. The molecule has 4 rings (SSSR count). The molecule has 132 valence electrons. The van der Waals surface area contributed by atoms with E-state index >= 15 is 4.39 Å². The average Bonchev–Trinajstić information content (AvgIpc) is 2.86. The van der Waals surface area contributed by atoms with Gasteiger partial charge in [0.25, 0.3) is 0 Å². The van der Waals surface area contributed by atoms with Gasteiger partial charge < -0.3 is 0 Å². The van der Waals surface area contributed by atoms with Crippen LogP contribution < -0.4 is 0 Å². The first-order valence-corrected chi connectivity index (χ1v) is 11.0. The second kappa shape index (κ2) is 5.45. The maximum absolute atomic E-state index is 15.4. The van der Waals surface area contributed by atoms with E-state index in [4.69, 9.17) is 0 Å². The van der Waals surface area contributed by atoms with Crippen molar-refractivity contribution in [1.82, 2.24) is 0 Å². The number of alkyl halides is 2. The largest absolute Gasteiger partial charge is 0.246 e. The van der Waals surface area contributed by atoms with Crippen LogP contribution in [0.5, 0.6) is 0 Å². The van der Waals surface area contributed by atoms with Crippen LogP contribution in [0.25, 0.3) is 0 Å². The highest BCUT2D eigenvalue weighted by molar-refractivity contribution is 9.10. The van der Waals surface area contributed by atoms with E-state index in [2.05, 4.69) is 36.7 Å². The summed E-state index contributed by atoms with van der Waals surface area (Å²) in [4.78, 5) is 0. The van der Waals surface area contributed by atoms with Gasteiger partial charge in [0, 0.05) is 0 Å². The van der Waals surface area contributed by atoms with Crippen LogP contribution in [0, 0.1) is 34.5 Å². The third-order valence-electron chi connectivity index (χ3n) is 9.36. The Labute approximate surface area is 150 Å². The van der Waals surface area contributed by atoms with Gasteiger partial charge in [-0.05, 0) is 79.4 Å². The van der Waals surface area contributed by atoms with Crippen LogP contribution in [-0.4, -0.2) is 10.5 Å². The van der Waals surface area contributed by atoms with Crippen LogP contribution >= 0.6 is 15.9 Å². The Morgan fingerprint density at radius 2 is 1.74 bits per heavy atom. The molecule has 0 aromatic rings. The molecular formula is C21H34BrF. The van der Waals surface area contributed by atoms with Gasteiger partial charge in [-0.1, -0.05) is 56.0 Å². The van der Waals surface area contributed by atoms with Crippen molar-refractivity contribution >= 4 is 15.9 Å². The predicted molar refractivity (Wildman–Crippen MR) is 98.6 cm³/mol. The third kappa shape index (κ3) is 2.05. The minimum atomic E-state index is -0.642. The molecule has 0 aliphatic heterocycles. The standard InChI is InChI=1S/C21H34BrF/c1-4-14-7-8-16-15-13-18(23)21(22)11-6-5-10-20(21,3)17(15)9-12-19(14,16)2/h14-18H,4-13H2,1-3H3/t14-,15-,16-,17-,18?,19+,20+,21?/m0/s1. The molecule has 0 bridgehead atoms. The van der Waals surface area contributed by atoms with Gasteiger partial charge in [0.1, 0.15) is 6.17 Å². The first kappa shape index (κ1) is 16.9. The summed E-state index contributed by atoms with van der Waals surface area (Å²) in [5.41, 5.74) is 0.687. The molecule has 4 saturated carbocycles. The highest BCUT2D eigenvalue weighted by Gasteiger charge is 2.66. The van der Waals surface area contributed by atoms with E-state index in [9.17, 15) is 0 Å². The van der Waals surface area contributed by atoms with E-state index in [0.29, 0.717) is 11.3 Å². The molecule has 2 unspecified atom stereocenters. The van der Waals surface area contributed by atoms with Crippen molar-refractivity contribution in [2.75, 3.05) is 0 Å². The SMILES string of the molecule is CC[C@H]1CC[C@H]2[C@@H]3CC(F)C4(Br)CCCC[C@]4(C)[C@H]3CC[C@]12C. The number of fused-ring (bicyclic) bond motifs is 5. The lowest BCUT2D eigenvalue weighted by atomic mass is 9.44. The van der Waals surface area contributed by atoms with Crippen molar-refractivity contribution < 1.29 is 4.39 Å². The maximum atomic E-state index is 15.4. The fourth-order valence-corrected chi connectivity index (χ4v) is 8.95. The summed E-state index contributed by atoms with van der Waals surface area (Å²) in [7, 11) is 0. The topological polar surface area (TPSA) is 0 Å². The van der Waals surface area contributed by atoms with E-state index in [1.165, 1.54) is 51.4 Å². The second-order valence-electron chi connectivity index (χ2n) is 9.79. The van der Waals surface area contributed by atoms with Gasteiger partial charge >= 0.3 is 0 Å². The number of rotatable bonds is 1. The van der Waals surface area contributed by atoms with Crippen molar-refractivity contribution in [2.24, 2.45) is 34.5 Å². The summed E-state index contributed by atoms with van der Waals surface area (Å²) in [5.74, 6) is 3.08. The minimum Gasteiger partial charge on any atom is -0.246 e. The average molecular weight is 385 g/mol. The molecule has 0 nitrogen and oxygen atoms in total. The fraction of sp³-hybridized carbons (Fsp3) is 1.00. The van der Waals surface area contributed by atoms with E-state index < -0.39 is 6.17 Å². The molecule has 0 aromatic carbocycles. The molecule has 0 saturated heterocycles. The Morgan fingerprint density at radius 3 is 2.48 bits per heavy atom. The Morgan fingerprint density at radius 1 is 1.00 bits per heavy atom. The van der Waals surface area contributed by atoms with Gasteiger partial charge in [-0.15, -0.1) is 0 Å². The monoisotopic (exact) mass is 384 g/mol. The van der Waals surface area contributed by atoms with Crippen molar-refractivity contribution in [3.8, 4) is 0 Å². The third-order valence-corrected chi connectivity index (χ3v) is 11.2. The quantitative estimate of drug-likeness (QED) is 0.430. The van der Waals surface area contributed by atoms with Gasteiger partial charge in [0.2, 0.25) is 0 Å². The number of hydrogen-bond acceptors (Lipinski definition) is 0. The van der Waals surface area contributed by atoms with Gasteiger partial charge in [-0.3, -0.25) is 0 Å². The zero-order valence-electron chi connectivity index (χ0n) is 15.2. The van der Waals surface area contributed by atoms with Crippen molar-refractivity contribution in [2.45, 2.75) is 95.5 Å². The van der Waals surface area contributed by atoms with Gasteiger partial charge in [0.05, 0.1) is 4.32 Å². The van der Waals surface area contributed by atoms with Crippen LogP contribution in [-0.2, 0) is 0 Å². The lowest BCUT2D eigenvalue weighted by Crippen LogP contribution is -2.63. The molecule has 4 aliphatic rings. The molecule has 8 atom stereocenters. The minimum absolute atomic E-state index is 0.180. The Hall–Kier alpha value is 0.410. The summed E-state index contributed by atoms with van der Waals surface area (Å²) in [6.07, 6.45) is 11.8. The van der Waals surface area contributed by atoms with Crippen LogP contribution in [0.4, 0.5) is 4.39 Å². The summed E-state index contributed by atoms with van der Waals surface area (Å²) in [6.45, 7) is 7.37. The molecule has 0 radical (unpaired) electrons. The normalized spacial score (nSPS) is 59.1. The summed E-state index contributed by atoms with van der Waals surface area (Å²) >= 11 is 3.99. The van der Waals surface area contributed by atoms with Gasteiger partial charge in [0.15, 0.2) is 0 Å². The maximum Gasteiger partial charge on any atom is 0.116 e. The molecule has 0 heterocycles. The Balaban J connectivity index is 1.70. The summed E-state index contributed by atoms with van der Waals surface area (Å²) in [5, 5.41) is 0. The van der Waals surface area contributed by atoms with Crippen LogP contribution in [0.15, 0.2) is 0 Å². The van der Waals surface area contributed by atoms with Gasteiger partial charge in [-0.2, -0.15) is 0 Å². The molecular weight excluding hydrogens is 351 g/mol. The second-order valence-corrected chi connectivity index (χ2v) is 11.2. The first-order valence-electron chi connectivity index (χ1n) is 10.2. The van der Waals surface area contributed by atoms with E-state index in [0.717, 1.165) is 30.6 Å². The highest BCUT2D eigenvalue weighted by atomic mass is 79.9. The number of hydrogen-bond donors (Lipinski definition) is 0. The van der Waals surface area contributed by atoms with E-state index in [-0.39, 0.29) is 9.74 Å². The highest BCUT2D eigenvalue weighted by Crippen LogP contribution is 2.70.